The standard InChI is InChI=1S/C25H26N4O2.2C24H23N5O.C20H19BrN4O2/c1-15(2)25(3,19-8-5-16(6-9-19)18-12-28-24(26)29-13-18)21-14-27-22-11-17(23(30)31-4)7-10-20(21)22;1-24(19-11-12-19,21-13-22(30)29(28-21)20-5-3-2-4-6-20)18-9-7-16(8-10-18)17-14-26-23(25)27-15-17;25-23-26-15-19(16-27-23)17-6-8-20(9-7-17)24(10-12-30-13-11-24)22-14-21(28-29-22)18-4-2-1-3-5-18;1-27-18(26)17-16(15(21)11-23-17)20(7-2-8-20)14-5-3-12(4-6-14)13-9-24-19(22)25-10-13/h5-15,27H,1-4H3,(H2,26,28,29);2-10,13-15,19,28H,11-12H2,1H3,(H2,25,26,27);1-9,15-16H,10-14H2,(H2,25,26,27);3-6,9-11,23H,2,7-8H2,1H3,(H2,22,24,25). The third-order valence-corrected chi connectivity index (χ3v) is 24.5. The van der Waals surface area contributed by atoms with E-state index in [0.29, 0.717) is 23.1 Å². The number of nitrogens with one attached hydrogen (secondary N) is 3. The third kappa shape index (κ3) is 16.2. The average Bonchev–Trinajstić information content (AvgIpc) is 1.11. The van der Waals surface area contributed by atoms with Crippen LogP contribution in [0.1, 0.15) is 145 Å². The van der Waals surface area contributed by atoms with Gasteiger partial charge in [-0.3, -0.25) is 9.89 Å². The summed E-state index contributed by atoms with van der Waals surface area (Å²) in [6.07, 6.45) is 25.7. The zero-order valence-electron chi connectivity index (χ0n) is 66.4. The molecule has 11 N–H and O–H groups in total. The van der Waals surface area contributed by atoms with Gasteiger partial charge in [0.15, 0.2) is 0 Å². The molecule has 2 atom stereocenters. The van der Waals surface area contributed by atoms with Crippen LogP contribution in [0.4, 0.5) is 23.8 Å². The number of fused-ring (bicyclic) bond motifs is 1. The van der Waals surface area contributed by atoms with E-state index in [-0.39, 0.29) is 63.0 Å². The number of esters is 2. The Morgan fingerprint density at radius 2 is 1.01 bits per heavy atom. The number of aromatic nitrogens is 12. The Kier molecular flexibility index (Phi) is 23.1. The van der Waals surface area contributed by atoms with E-state index in [0.717, 1.165) is 158 Å². The topological polar surface area (TPSA) is 363 Å². The molecule has 3 fully saturated rings. The summed E-state index contributed by atoms with van der Waals surface area (Å²) in [5, 5.41) is 13.7. The van der Waals surface area contributed by atoms with Gasteiger partial charge in [0.05, 0.1) is 36.9 Å². The van der Waals surface area contributed by atoms with Gasteiger partial charge in [-0.05, 0) is 153 Å². The molecule has 2 aliphatic heterocycles. The summed E-state index contributed by atoms with van der Waals surface area (Å²) in [5.74, 6) is 1.22. The lowest BCUT2D eigenvalue weighted by Gasteiger charge is -2.43. The number of H-pyrrole nitrogens is 3. The zero-order chi connectivity index (χ0) is 82.3. The van der Waals surface area contributed by atoms with Crippen LogP contribution < -0.4 is 28.5 Å². The van der Waals surface area contributed by atoms with Crippen molar-refractivity contribution >= 4 is 74.0 Å². The van der Waals surface area contributed by atoms with Crippen LogP contribution >= 0.6 is 15.9 Å². The predicted octanol–water partition coefficient (Wildman–Crippen LogP) is 17.0. The van der Waals surface area contributed by atoms with Crippen molar-refractivity contribution in [3.8, 4) is 50.2 Å². The normalized spacial score (nSPS) is 15.5. The van der Waals surface area contributed by atoms with E-state index >= 15 is 0 Å². The van der Waals surface area contributed by atoms with Crippen molar-refractivity contribution in [1.29, 1.82) is 0 Å². The van der Waals surface area contributed by atoms with Crippen molar-refractivity contribution in [2.75, 3.05) is 50.4 Å². The van der Waals surface area contributed by atoms with Crippen LogP contribution in [0.15, 0.2) is 263 Å². The fraction of sp³-hybridized carbons (Fsp3) is 0.237. The Morgan fingerprint density at radius 3 is 1.47 bits per heavy atom. The van der Waals surface area contributed by atoms with E-state index in [1.807, 2.05) is 79.1 Å². The summed E-state index contributed by atoms with van der Waals surface area (Å²) >= 11 is 3.61. The fourth-order valence-corrected chi connectivity index (χ4v) is 17.1. The summed E-state index contributed by atoms with van der Waals surface area (Å²) < 4.78 is 18.0. The Labute approximate surface area is 691 Å². The molecule has 0 amide bonds. The second kappa shape index (κ2) is 34.2. The summed E-state index contributed by atoms with van der Waals surface area (Å²) in [6, 6.07) is 61.3. The third-order valence-electron chi connectivity index (χ3n) is 23.9. The molecule has 7 aromatic carbocycles. The second-order valence-corrected chi connectivity index (χ2v) is 31.6. The van der Waals surface area contributed by atoms with Crippen LogP contribution in [0, 0.1) is 11.8 Å². The molecule has 7 aromatic heterocycles. The van der Waals surface area contributed by atoms with Crippen molar-refractivity contribution < 1.29 is 23.8 Å². The van der Waals surface area contributed by atoms with Crippen molar-refractivity contribution in [1.82, 2.24) is 59.6 Å². The maximum atomic E-state index is 12.7. The van der Waals surface area contributed by atoms with Gasteiger partial charge in [-0.15, -0.1) is 0 Å². The maximum Gasteiger partial charge on any atom is 0.354 e. The average molecular weight is 1640 g/mol. The van der Waals surface area contributed by atoms with E-state index in [4.69, 9.17) is 37.1 Å². The Bertz CT molecular complexity index is 5990. The van der Waals surface area contributed by atoms with Gasteiger partial charge in [0.25, 0.3) is 5.56 Å². The number of carbonyl (C=O) groups excluding carboxylic acids is 2. The lowest BCUT2D eigenvalue weighted by atomic mass is 9.60. The Balaban J connectivity index is 0.000000123. The molecule has 18 rings (SSSR count). The lowest BCUT2D eigenvalue weighted by Crippen LogP contribution is -2.41. The summed E-state index contributed by atoms with van der Waals surface area (Å²) in [4.78, 5) is 75.9. The number of nitrogen functional groups attached to an aromatic ring is 4. The molecule has 118 heavy (non-hydrogen) atoms. The minimum absolute atomic E-state index is 0.0429. The number of nitrogens with two attached hydrogens (primary N) is 4. The first-order chi connectivity index (χ1) is 57.2. The number of anilines is 4. The van der Waals surface area contributed by atoms with Gasteiger partial charge in [-0.2, -0.15) is 10.2 Å². The molecule has 14 aromatic rings. The molecule has 2 unspecified atom stereocenters. The highest BCUT2D eigenvalue weighted by atomic mass is 79.9. The van der Waals surface area contributed by atoms with Gasteiger partial charge in [0.1, 0.15) is 5.69 Å². The number of carbonyl (C=O) groups is 2. The first-order valence-corrected chi connectivity index (χ1v) is 40.0. The van der Waals surface area contributed by atoms with E-state index in [9.17, 15) is 14.4 Å². The number of methoxy groups -OCH3 is 2. The van der Waals surface area contributed by atoms with Crippen LogP contribution in [0.3, 0.4) is 0 Å². The molecule has 596 valence electrons. The largest absolute Gasteiger partial charge is 0.465 e. The molecule has 1 saturated heterocycles. The number of halogens is 1. The molecule has 0 radical (unpaired) electrons. The molecule has 2 aliphatic carbocycles. The summed E-state index contributed by atoms with van der Waals surface area (Å²) in [5.41, 5.74) is 43.4. The van der Waals surface area contributed by atoms with Gasteiger partial charge in [0.2, 0.25) is 23.8 Å². The molecule has 0 spiro atoms. The molecular formula is C93H91BrN18O6. The summed E-state index contributed by atoms with van der Waals surface area (Å²) in [7, 11) is 2.79. The quantitative estimate of drug-likeness (QED) is 0.0392. The highest BCUT2D eigenvalue weighted by Crippen LogP contribution is 2.54. The number of aromatic amines is 3. The highest BCUT2D eigenvalue weighted by molar-refractivity contribution is 9.10. The van der Waals surface area contributed by atoms with Gasteiger partial charge >= 0.3 is 11.9 Å². The molecule has 0 bridgehead atoms. The van der Waals surface area contributed by atoms with E-state index in [1.54, 1.807) is 60.3 Å². The Hall–Kier alpha value is -13.4. The number of para-hydroxylation sites is 1. The number of hydrogen-bond donors (Lipinski definition) is 7. The van der Waals surface area contributed by atoms with Gasteiger partial charge < -0.3 is 47.1 Å². The van der Waals surface area contributed by atoms with Gasteiger partial charge in [0, 0.05) is 158 Å². The molecule has 24 nitrogen and oxygen atoms in total. The van der Waals surface area contributed by atoms with E-state index < -0.39 is 0 Å². The fourth-order valence-electron chi connectivity index (χ4n) is 16.4. The molecular weight excluding hydrogens is 1550 g/mol. The maximum absolute atomic E-state index is 12.7. The smallest absolute Gasteiger partial charge is 0.354 e. The number of ether oxygens (including phenoxy) is 3. The molecule has 9 heterocycles. The van der Waals surface area contributed by atoms with E-state index in [2.05, 4.69) is 218 Å². The van der Waals surface area contributed by atoms with Crippen molar-refractivity contribution in [3.63, 3.8) is 0 Å². The first-order valence-electron chi connectivity index (χ1n) is 39.2. The number of nitrogens with zero attached hydrogens (tertiary/aromatic N) is 11. The minimum atomic E-state index is -0.349. The number of benzene rings is 7. The van der Waals surface area contributed by atoms with Crippen LogP contribution in [0.25, 0.3) is 61.1 Å². The molecule has 2 saturated carbocycles. The number of rotatable bonds is 18. The summed E-state index contributed by atoms with van der Waals surface area (Å²) in [6.45, 7) is 10.4. The van der Waals surface area contributed by atoms with Gasteiger partial charge in [-0.25, -0.2) is 54.1 Å². The van der Waals surface area contributed by atoms with E-state index in [1.165, 1.54) is 42.0 Å². The van der Waals surface area contributed by atoms with Crippen molar-refractivity contribution in [3.05, 3.63) is 315 Å². The second-order valence-electron chi connectivity index (χ2n) is 30.7. The van der Waals surface area contributed by atoms with Crippen molar-refractivity contribution in [2.45, 2.75) is 101 Å². The van der Waals surface area contributed by atoms with Crippen LogP contribution in [-0.2, 0) is 35.9 Å². The highest BCUT2D eigenvalue weighted by Gasteiger charge is 2.47. The predicted molar refractivity (Wildman–Crippen MR) is 465 cm³/mol. The lowest BCUT2D eigenvalue weighted by molar-refractivity contribution is 0.0585. The number of hydrogen-bond acceptors (Lipinski definition) is 20. The first kappa shape index (κ1) is 79.8. The van der Waals surface area contributed by atoms with Crippen molar-refractivity contribution in [2.24, 2.45) is 22.0 Å². The zero-order valence-corrected chi connectivity index (χ0v) is 68.0. The monoisotopic (exact) mass is 1630 g/mol. The SMILES string of the molecule is CC(c1ccc(-c2cnc(N)nc2)cc1)(c1cc(=O)n(-c2ccccc2)[nH]1)C1CC1.COC(=O)c1[nH]cc(Br)c1C1(c2ccc(-c3cnc(N)nc3)cc2)CCC1.COC(=O)c1ccc2c(C(C)(c3ccc(-c4cnc(N)nc4)cc3)C(C)C)c[nH]c2c1.Nc1ncc(-c2ccc(C3(C4=NN=C(c5ccccc5)C4)CCOCC3)cc2)cn1. The van der Waals surface area contributed by atoms with Crippen LogP contribution in [-0.4, -0.2) is 110 Å². The molecule has 4 aliphatic rings. The van der Waals surface area contributed by atoms with Crippen LogP contribution in [0.2, 0.25) is 0 Å². The van der Waals surface area contributed by atoms with Crippen LogP contribution in [0.5, 0.6) is 0 Å². The minimum Gasteiger partial charge on any atom is -0.465 e. The molecule has 25 heteroatoms. The van der Waals surface area contributed by atoms with Gasteiger partial charge in [-0.1, -0.05) is 179 Å². The Morgan fingerprint density at radius 1 is 0.534 bits per heavy atom.